The molecule has 0 bridgehead atoms. The second-order valence-electron chi connectivity index (χ2n) is 5.36. The van der Waals surface area contributed by atoms with Crippen LogP contribution in [0.1, 0.15) is 39.6 Å². The minimum atomic E-state index is -0.629. The molecule has 2 aromatic rings. The standard InChI is InChI=1S/C17H16FNO2/c1-9-7-12-14(20)8-15(11-5-3-4-6-13(11)18)21-17(12)16(19)10(9)2/h3-7,15H,8,19H2,1-2H3. The number of fused-ring (bicyclic) bond motifs is 1. The Morgan fingerprint density at radius 3 is 2.71 bits per heavy atom. The molecule has 108 valence electrons. The van der Waals surface area contributed by atoms with Gasteiger partial charge in [0, 0.05) is 5.56 Å². The van der Waals surface area contributed by atoms with Crippen molar-refractivity contribution in [2.45, 2.75) is 26.4 Å². The van der Waals surface area contributed by atoms with Gasteiger partial charge < -0.3 is 10.5 Å². The zero-order valence-electron chi connectivity index (χ0n) is 11.9. The number of anilines is 1. The van der Waals surface area contributed by atoms with Crippen LogP contribution < -0.4 is 10.5 Å². The summed E-state index contributed by atoms with van der Waals surface area (Å²) < 4.78 is 19.7. The zero-order valence-corrected chi connectivity index (χ0v) is 11.9. The van der Waals surface area contributed by atoms with Crippen LogP contribution in [-0.4, -0.2) is 5.78 Å². The van der Waals surface area contributed by atoms with E-state index < -0.39 is 6.10 Å². The topological polar surface area (TPSA) is 52.3 Å². The minimum absolute atomic E-state index is 0.0701. The van der Waals surface area contributed by atoms with Crippen LogP contribution in [-0.2, 0) is 0 Å². The fourth-order valence-electron chi connectivity index (χ4n) is 2.62. The molecule has 4 heteroatoms. The molecule has 1 aliphatic heterocycles. The second kappa shape index (κ2) is 4.88. The maximum absolute atomic E-state index is 13.9. The third-order valence-electron chi connectivity index (χ3n) is 4.03. The van der Waals surface area contributed by atoms with Crippen molar-refractivity contribution in [3.63, 3.8) is 0 Å². The van der Waals surface area contributed by atoms with Crippen LogP contribution in [0.3, 0.4) is 0 Å². The highest BCUT2D eigenvalue weighted by Gasteiger charge is 2.31. The van der Waals surface area contributed by atoms with Gasteiger partial charge in [-0.1, -0.05) is 18.2 Å². The number of ketones is 1. The van der Waals surface area contributed by atoms with Gasteiger partial charge in [-0.15, -0.1) is 0 Å². The number of carbonyl (C=O) groups excluding carboxylic acids is 1. The molecule has 21 heavy (non-hydrogen) atoms. The predicted molar refractivity (Wildman–Crippen MR) is 79.0 cm³/mol. The van der Waals surface area contributed by atoms with E-state index in [4.69, 9.17) is 10.5 Å². The van der Waals surface area contributed by atoms with Crippen molar-refractivity contribution in [1.29, 1.82) is 0 Å². The summed E-state index contributed by atoms with van der Waals surface area (Å²) in [5.74, 6) is -0.0666. The lowest BCUT2D eigenvalue weighted by Crippen LogP contribution is -2.22. The molecule has 3 nitrogen and oxygen atoms in total. The molecule has 2 N–H and O–H groups in total. The highest BCUT2D eigenvalue weighted by Crippen LogP contribution is 2.41. The van der Waals surface area contributed by atoms with Crippen LogP contribution in [0, 0.1) is 19.7 Å². The van der Waals surface area contributed by atoms with Crippen molar-refractivity contribution in [3.8, 4) is 5.75 Å². The lowest BCUT2D eigenvalue weighted by Gasteiger charge is -2.28. The van der Waals surface area contributed by atoms with Crippen LogP contribution in [0.5, 0.6) is 5.75 Å². The van der Waals surface area contributed by atoms with E-state index >= 15 is 0 Å². The van der Waals surface area contributed by atoms with Crippen LogP contribution in [0.15, 0.2) is 30.3 Å². The molecule has 2 aromatic carbocycles. The number of hydrogen-bond acceptors (Lipinski definition) is 3. The Morgan fingerprint density at radius 1 is 1.29 bits per heavy atom. The van der Waals surface area contributed by atoms with Gasteiger partial charge in [0.05, 0.1) is 17.7 Å². The van der Waals surface area contributed by atoms with E-state index in [2.05, 4.69) is 0 Å². The van der Waals surface area contributed by atoms with Crippen LogP contribution in [0.25, 0.3) is 0 Å². The molecule has 1 atom stereocenters. The van der Waals surface area contributed by atoms with Gasteiger partial charge in [0.15, 0.2) is 11.5 Å². The van der Waals surface area contributed by atoms with Gasteiger partial charge in [-0.05, 0) is 37.1 Å². The van der Waals surface area contributed by atoms with Crippen molar-refractivity contribution in [2.75, 3.05) is 5.73 Å². The monoisotopic (exact) mass is 285 g/mol. The van der Waals surface area contributed by atoms with E-state index in [0.29, 0.717) is 22.6 Å². The van der Waals surface area contributed by atoms with Gasteiger partial charge in [0.25, 0.3) is 0 Å². The lowest BCUT2D eigenvalue weighted by molar-refractivity contribution is 0.0847. The summed E-state index contributed by atoms with van der Waals surface area (Å²) >= 11 is 0. The number of rotatable bonds is 1. The molecule has 3 rings (SSSR count). The molecule has 0 aromatic heterocycles. The van der Waals surface area contributed by atoms with E-state index in [0.717, 1.165) is 11.1 Å². The van der Waals surface area contributed by atoms with Crippen LogP contribution in [0.2, 0.25) is 0 Å². The number of nitrogens with two attached hydrogens (primary N) is 1. The molecule has 0 spiro atoms. The van der Waals surface area contributed by atoms with E-state index in [-0.39, 0.29) is 18.0 Å². The first-order valence-corrected chi connectivity index (χ1v) is 6.83. The summed E-state index contributed by atoms with van der Waals surface area (Å²) in [6.07, 6.45) is -0.508. The molecule has 1 aliphatic rings. The summed E-state index contributed by atoms with van der Waals surface area (Å²) in [4.78, 5) is 12.3. The summed E-state index contributed by atoms with van der Waals surface area (Å²) in [6, 6.07) is 8.13. The first-order chi connectivity index (χ1) is 9.99. The number of halogens is 1. The lowest BCUT2D eigenvalue weighted by atomic mass is 9.92. The zero-order chi connectivity index (χ0) is 15.1. The predicted octanol–water partition coefficient (Wildman–Crippen LogP) is 3.73. The Balaban J connectivity index is 2.09. The Hall–Kier alpha value is -2.36. The van der Waals surface area contributed by atoms with Gasteiger partial charge in [-0.2, -0.15) is 0 Å². The van der Waals surface area contributed by atoms with Gasteiger partial charge in [0.2, 0.25) is 0 Å². The maximum atomic E-state index is 13.9. The molecule has 0 saturated heterocycles. The highest BCUT2D eigenvalue weighted by atomic mass is 19.1. The van der Waals surface area contributed by atoms with E-state index in [1.807, 2.05) is 13.8 Å². The van der Waals surface area contributed by atoms with E-state index in [9.17, 15) is 9.18 Å². The van der Waals surface area contributed by atoms with Crippen molar-refractivity contribution in [2.24, 2.45) is 0 Å². The number of benzene rings is 2. The normalized spacial score (nSPS) is 17.3. The molecular weight excluding hydrogens is 269 g/mol. The molecule has 0 saturated carbocycles. The number of ether oxygens (including phenoxy) is 1. The minimum Gasteiger partial charge on any atom is -0.482 e. The number of carbonyl (C=O) groups is 1. The average molecular weight is 285 g/mol. The largest absolute Gasteiger partial charge is 0.482 e. The SMILES string of the molecule is Cc1cc2c(c(N)c1C)OC(c1ccccc1F)CC2=O. The van der Waals surface area contributed by atoms with Crippen molar-refractivity contribution in [3.05, 3.63) is 58.4 Å². The Morgan fingerprint density at radius 2 is 2.00 bits per heavy atom. The first kappa shape index (κ1) is 13.6. The van der Waals surface area contributed by atoms with Gasteiger partial charge >= 0.3 is 0 Å². The Kier molecular flexibility index (Phi) is 3.16. The molecular formula is C17H16FNO2. The van der Waals surface area contributed by atoms with E-state index in [1.165, 1.54) is 6.07 Å². The number of nitrogen functional groups attached to an aromatic ring is 1. The van der Waals surface area contributed by atoms with E-state index in [1.54, 1.807) is 24.3 Å². The molecule has 1 unspecified atom stereocenters. The highest BCUT2D eigenvalue weighted by molar-refractivity contribution is 6.02. The first-order valence-electron chi connectivity index (χ1n) is 6.83. The van der Waals surface area contributed by atoms with Crippen LogP contribution >= 0.6 is 0 Å². The maximum Gasteiger partial charge on any atom is 0.170 e. The molecule has 0 amide bonds. The number of Topliss-reactive ketones (excluding diaryl/α,β-unsaturated/α-hetero) is 1. The summed E-state index contributed by atoms with van der Waals surface area (Å²) in [5.41, 5.74) is 9.24. The number of hydrogen-bond donors (Lipinski definition) is 1. The van der Waals surface area contributed by atoms with Gasteiger partial charge in [0.1, 0.15) is 11.9 Å². The summed E-state index contributed by atoms with van der Waals surface area (Å²) in [6.45, 7) is 3.79. The molecule has 0 radical (unpaired) electrons. The smallest absolute Gasteiger partial charge is 0.170 e. The molecule has 1 heterocycles. The third-order valence-corrected chi connectivity index (χ3v) is 4.03. The van der Waals surface area contributed by atoms with Crippen LogP contribution in [0.4, 0.5) is 10.1 Å². The molecule has 0 fully saturated rings. The number of aryl methyl sites for hydroxylation is 1. The fraction of sp³-hybridized carbons (Fsp3) is 0.235. The summed E-state index contributed by atoms with van der Waals surface area (Å²) in [5, 5.41) is 0. The third kappa shape index (κ3) is 2.17. The summed E-state index contributed by atoms with van der Waals surface area (Å²) in [7, 11) is 0. The Bertz CT molecular complexity index is 740. The molecule has 0 aliphatic carbocycles. The second-order valence-corrected chi connectivity index (χ2v) is 5.36. The Labute approximate surface area is 122 Å². The van der Waals surface area contributed by atoms with Gasteiger partial charge in [-0.3, -0.25) is 4.79 Å². The average Bonchev–Trinajstić information content (AvgIpc) is 2.46. The van der Waals surface area contributed by atoms with Crippen molar-refractivity contribution < 1.29 is 13.9 Å². The van der Waals surface area contributed by atoms with Crippen molar-refractivity contribution in [1.82, 2.24) is 0 Å². The van der Waals surface area contributed by atoms with Gasteiger partial charge in [-0.25, -0.2) is 4.39 Å². The quantitative estimate of drug-likeness (QED) is 0.812. The van der Waals surface area contributed by atoms with Crippen molar-refractivity contribution >= 4 is 11.5 Å². The fourth-order valence-corrected chi connectivity index (χ4v) is 2.62.